The van der Waals surface area contributed by atoms with Gasteiger partial charge in [-0.3, -0.25) is 4.79 Å². The summed E-state index contributed by atoms with van der Waals surface area (Å²) in [5.74, 6) is 0.584. The van der Waals surface area contributed by atoms with Crippen molar-refractivity contribution in [1.29, 1.82) is 0 Å². The topological polar surface area (TPSA) is 44.8 Å². The minimum atomic E-state index is -0.336. The maximum Gasteiger partial charge on any atom is 0.253 e. The van der Waals surface area contributed by atoms with Crippen LogP contribution in [-0.4, -0.2) is 23.9 Å². The first-order chi connectivity index (χ1) is 12.2. The number of carbonyl (C=O) groups is 1. The van der Waals surface area contributed by atoms with Gasteiger partial charge in [-0.1, -0.05) is 5.59 Å². The van der Waals surface area contributed by atoms with Gasteiger partial charge in [-0.15, -0.1) is 0 Å². The average Bonchev–Trinajstić information content (AvgIpc) is 3.33. The summed E-state index contributed by atoms with van der Waals surface area (Å²) in [6.07, 6.45) is 3.83. The van der Waals surface area contributed by atoms with E-state index in [1.807, 2.05) is 32.9 Å². The molecule has 1 unspecified atom stereocenters. The van der Waals surface area contributed by atoms with Gasteiger partial charge in [0, 0.05) is 30.0 Å². The van der Waals surface area contributed by atoms with Crippen LogP contribution >= 0.6 is 11.3 Å². The van der Waals surface area contributed by atoms with Crippen LogP contribution in [0.2, 0.25) is 0 Å². The lowest BCUT2D eigenvalue weighted by molar-refractivity contribution is 0.0578. The molecule has 0 radical (unpaired) electrons. The van der Waals surface area contributed by atoms with E-state index in [0.29, 0.717) is 18.7 Å². The molecule has 4 rings (SSSR count). The number of nitrogens with one attached hydrogen (secondary N) is 1. The van der Waals surface area contributed by atoms with Crippen molar-refractivity contribution in [2.75, 3.05) is 18.1 Å². The van der Waals surface area contributed by atoms with Crippen LogP contribution in [0.3, 0.4) is 0 Å². The molecule has 2 aromatic rings. The van der Waals surface area contributed by atoms with Crippen LogP contribution in [0.1, 0.15) is 23.2 Å². The van der Waals surface area contributed by atoms with Gasteiger partial charge >= 0.3 is 0 Å². The number of thiophene rings is 1. The van der Waals surface area contributed by atoms with Crippen LogP contribution in [0.5, 0.6) is 0 Å². The van der Waals surface area contributed by atoms with Gasteiger partial charge in [0.15, 0.2) is 0 Å². The quantitative estimate of drug-likeness (QED) is 0.911. The van der Waals surface area contributed by atoms with Crippen molar-refractivity contribution in [3.63, 3.8) is 0 Å². The van der Waals surface area contributed by atoms with Gasteiger partial charge in [-0.05, 0) is 48.6 Å². The van der Waals surface area contributed by atoms with Crippen molar-refractivity contribution in [2.45, 2.75) is 12.8 Å². The minimum absolute atomic E-state index is 0.0639. The Morgan fingerprint density at radius 2 is 2.12 bits per heavy atom. The summed E-state index contributed by atoms with van der Waals surface area (Å²) in [7, 11) is 0. The van der Waals surface area contributed by atoms with Gasteiger partial charge in [-0.2, -0.15) is 11.3 Å². The normalized spacial score (nSPS) is 20.4. The van der Waals surface area contributed by atoms with E-state index < -0.39 is 0 Å². The third-order valence-corrected chi connectivity index (χ3v) is 5.18. The SMILES string of the molecule is O=C(c1ccc(F)cc1)N1CCCC(C2=CN(c3ccsc3)NO2)C1. The van der Waals surface area contributed by atoms with Crippen LogP contribution in [0.25, 0.3) is 0 Å². The number of hydrogen-bond acceptors (Lipinski definition) is 5. The first kappa shape index (κ1) is 16.1. The number of hydrazine groups is 1. The van der Waals surface area contributed by atoms with Crippen LogP contribution in [0, 0.1) is 11.7 Å². The molecule has 0 spiro atoms. The van der Waals surface area contributed by atoms with E-state index in [4.69, 9.17) is 4.84 Å². The molecule has 1 aromatic carbocycles. The number of benzene rings is 1. The smallest absolute Gasteiger partial charge is 0.253 e. The molecule has 25 heavy (non-hydrogen) atoms. The fraction of sp³-hybridized carbons (Fsp3) is 0.278. The standard InChI is InChI=1S/C18H18FN3O2S/c19-15-5-3-13(4-6-15)18(23)21-8-1-2-14(10-21)17-11-22(20-24-17)16-7-9-25-12-16/h3-7,9,11-12,14,20H,1-2,8,10H2. The van der Waals surface area contributed by atoms with Gasteiger partial charge in [0.25, 0.3) is 5.91 Å². The molecule has 0 saturated carbocycles. The van der Waals surface area contributed by atoms with E-state index >= 15 is 0 Å². The monoisotopic (exact) mass is 359 g/mol. The van der Waals surface area contributed by atoms with Gasteiger partial charge in [0.1, 0.15) is 11.6 Å². The Balaban J connectivity index is 1.45. The Morgan fingerprint density at radius 1 is 1.28 bits per heavy atom. The predicted octanol–water partition coefficient (Wildman–Crippen LogP) is 3.54. The Hall–Kier alpha value is -2.38. The van der Waals surface area contributed by atoms with Crippen molar-refractivity contribution < 1.29 is 14.0 Å². The fourth-order valence-corrected chi connectivity index (χ4v) is 3.79. The lowest BCUT2D eigenvalue weighted by Crippen LogP contribution is -2.40. The zero-order valence-electron chi connectivity index (χ0n) is 13.5. The summed E-state index contributed by atoms with van der Waals surface area (Å²) in [6, 6.07) is 7.71. The summed E-state index contributed by atoms with van der Waals surface area (Å²) < 4.78 is 13.1. The second-order valence-electron chi connectivity index (χ2n) is 6.17. The third kappa shape index (κ3) is 3.38. The van der Waals surface area contributed by atoms with Crippen LogP contribution < -0.4 is 10.6 Å². The van der Waals surface area contributed by atoms with E-state index in [1.54, 1.807) is 11.3 Å². The van der Waals surface area contributed by atoms with Crippen molar-refractivity contribution >= 4 is 22.9 Å². The summed E-state index contributed by atoms with van der Waals surface area (Å²) >= 11 is 1.62. The van der Waals surface area contributed by atoms with Crippen LogP contribution in [-0.2, 0) is 4.84 Å². The maximum atomic E-state index is 13.1. The van der Waals surface area contributed by atoms with Crippen molar-refractivity contribution in [1.82, 2.24) is 10.5 Å². The van der Waals surface area contributed by atoms with Gasteiger partial charge in [0.2, 0.25) is 0 Å². The molecule has 2 aliphatic rings. The molecule has 1 N–H and O–H groups in total. The summed E-state index contributed by atoms with van der Waals surface area (Å²) in [5, 5.41) is 5.88. The van der Waals surface area contributed by atoms with E-state index in [2.05, 4.69) is 5.59 Å². The van der Waals surface area contributed by atoms with Gasteiger partial charge < -0.3 is 9.74 Å². The molecule has 5 nitrogen and oxygen atoms in total. The second-order valence-corrected chi connectivity index (χ2v) is 6.95. The summed E-state index contributed by atoms with van der Waals surface area (Å²) in [4.78, 5) is 20.1. The highest BCUT2D eigenvalue weighted by Crippen LogP contribution is 2.29. The number of anilines is 1. The molecule has 1 aromatic heterocycles. The number of piperidine rings is 1. The number of amides is 1. The highest BCUT2D eigenvalue weighted by molar-refractivity contribution is 7.08. The molecular formula is C18H18FN3O2S. The molecular weight excluding hydrogens is 341 g/mol. The Labute approximate surface area is 149 Å². The Bertz CT molecular complexity index is 776. The number of halogens is 1. The van der Waals surface area contributed by atoms with Gasteiger partial charge in [0.05, 0.1) is 11.9 Å². The number of rotatable bonds is 3. The van der Waals surface area contributed by atoms with Gasteiger partial charge in [-0.25, -0.2) is 9.40 Å². The lowest BCUT2D eigenvalue weighted by atomic mass is 9.95. The van der Waals surface area contributed by atoms with Crippen molar-refractivity contribution in [3.05, 3.63) is 64.4 Å². The molecule has 1 saturated heterocycles. The molecule has 1 amide bonds. The lowest BCUT2D eigenvalue weighted by Gasteiger charge is -2.32. The number of likely N-dealkylation sites (tertiary alicyclic amines) is 1. The van der Waals surface area contributed by atoms with Crippen molar-refractivity contribution in [2.24, 2.45) is 5.92 Å². The molecule has 0 bridgehead atoms. The largest absolute Gasteiger partial charge is 0.391 e. The van der Waals surface area contributed by atoms with Crippen LogP contribution in [0.15, 0.2) is 53.1 Å². The molecule has 7 heteroatoms. The van der Waals surface area contributed by atoms with Crippen molar-refractivity contribution in [3.8, 4) is 0 Å². The van der Waals surface area contributed by atoms with E-state index in [9.17, 15) is 9.18 Å². The van der Waals surface area contributed by atoms with E-state index in [-0.39, 0.29) is 17.6 Å². The minimum Gasteiger partial charge on any atom is -0.391 e. The summed E-state index contributed by atoms with van der Waals surface area (Å²) in [6.45, 7) is 1.31. The molecule has 1 atom stereocenters. The first-order valence-corrected chi connectivity index (χ1v) is 9.15. The first-order valence-electron chi connectivity index (χ1n) is 8.21. The molecule has 2 aliphatic heterocycles. The molecule has 0 aliphatic carbocycles. The fourth-order valence-electron chi connectivity index (χ4n) is 3.16. The maximum absolute atomic E-state index is 13.1. The summed E-state index contributed by atoms with van der Waals surface area (Å²) in [5.41, 5.74) is 4.43. The Morgan fingerprint density at radius 3 is 2.88 bits per heavy atom. The molecule has 1 fully saturated rings. The van der Waals surface area contributed by atoms with E-state index in [0.717, 1.165) is 24.3 Å². The average molecular weight is 359 g/mol. The predicted molar refractivity (Wildman–Crippen MR) is 94.1 cm³/mol. The van der Waals surface area contributed by atoms with Crippen LogP contribution in [0.4, 0.5) is 10.1 Å². The Kier molecular flexibility index (Phi) is 4.42. The zero-order chi connectivity index (χ0) is 17.2. The molecule has 3 heterocycles. The number of hydrogen-bond donors (Lipinski definition) is 1. The number of nitrogens with zero attached hydrogens (tertiary/aromatic N) is 2. The highest BCUT2D eigenvalue weighted by atomic mass is 32.1. The number of carbonyl (C=O) groups excluding carboxylic acids is 1. The third-order valence-electron chi connectivity index (χ3n) is 4.50. The highest BCUT2D eigenvalue weighted by Gasteiger charge is 2.30. The second kappa shape index (κ2) is 6.85. The molecule has 130 valence electrons. The van der Waals surface area contributed by atoms with E-state index in [1.165, 1.54) is 24.3 Å². The zero-order valence-corrected chi connectivity index (χ0v) is 14.3.